The van der Waals surface area contributed by atoms with Gasteiger partial charge in [0.15, 0.2) is 0 Å². The van der Waals surface area contributed by atoms with Gasteiger partial charge in [-0.15, -0.1) is 0 Å². The zero-order valence-electron chi connectivity index (χ0n) is 23.4. The van der Waals surface area contributed by atoms with E-state index in [0.29, 0.717) is 38.9 Å². The van der Waals surface area contributed by atoms with E-state index in [1.54, 1.807) is 4.90 Å². The van der Waals surface area contributed by atoms with Crippen LogP contribution in [0.2, 0.25) is 0 Å². The SMILES string of the molecule is O=C(NC1(C(=O)N2C3CCC2C(C(=O)O)C3)CCN(Cc2ccccc2)C1)OCC1c2ccccc2-c2ccccc21. The average molecular weight is 566 g/mol. The summed E-state index contributed by atoms with van der Waals surface area (Å²) < 4.78 is 5.89. The Hall–Kier alpha value is -4.17. The van der Waals surface area contributed by atoms with E-state index in [4.69, 9.17) is 4.74 Å². The lowest BCUT2D eigenvalue weighted by molar-refractivity contribution is -0.144. The molecule has 2 bridgehead atoms. The van der Waals surface area contributed by atoms with Crippen LogP contribution in [0.15, 0.2) is 78.9 Å². The normalized spacial score (nSPS) is 26.2. The van der Waals surface area contributed by atoms with Gasteiger partial charge in [0.05, 0.1) is 5.92 Å². The van der Waals surface area contributed by atoms with Crippen LogP contribution >= 0.6 is 0 Å². The lowest BCUT2D eigenvalue weighted by Gasteiger charge is -2.35. The fourth-order valence-electron chi connectivity index (χ4n) is 7.84. The first-order valence-corrected chi connectivity index (χ1v) is 14.9. The molecule has 0 aromatic heterocycles. The fourth-order valence-corrected chi connectivity index (χ4v) is 7.84. The van der Waals surface area contributed by atoms with Crippen molar-refractivity contribution in [1.82, 2.24) is 15.1 Å². The summed E-state index contributed by atoms with van der Waals surface area (Å²) in [6, 6.07) is 26.0. The number of fused-ring (bicyclic) bond motifs is 5. The second kappa shape index (κ2) is 10.6. The summed E-state index contributed by atoms with van der Waals surface area (Å²) in [5.74, 6) is -1.67. The number of alkyl carbamates (subject to hydrolysis) is 1. The lowest BCUT2D eigenvalue weighted by Crippen LogP contribution is -2.62. The smallest absolute Gasteiger partial charge is 0.408 e. The van der Waals surface area contributed by atoms with Crippen LogP contribution in [0.25, 0.3) is 11.1 Å². The Morgan fingerprint density at radius 2 is 1.57 bits per heavy atom. The first-order chi connectivity index (χ1) is 20.4. The van der Waals surface area contributed by atoms with Gasteiger partial charge in [0.25, 0.3) is 0 Å². The van der Waals surface area contributed by atoms with Crippen molar-refractivity contribution < 1.29 is 24.2 Å². The molecule has 1 aliphatic carbocycles. The summed E-state index contributed by atoms with van der Waals surface area (Å²) in [4.78, 5) is 43.8. The van der Waals surface area contributed by atoms with Gasteiger partial charge < -0.3 is 20.1 Å². The first-order valence-electron chi connectivity index (χ1n) is 14.9. The number of carboxylic acid groups (broad SMARTS) is 1. The number of hydrogen-bond donors (Lipinski definition) is 2. The molecule has 2 amide bonds. The number of likely N-dealkylation sites (tertiary alicyclic amines) is 1. The third kappa shape index (κ3) is 4.54. The topological polar surface area (TPSA) is 99.2 Å². The molecule has 8 heteroatoms. The molecular weight excluding hydrogens is 530 g/mol. The van der Waals surface area contributed by atoms with Crippen LogP contribution < -0.4 is 5.32 Å². The maximum absolute atomic E-state index is 14.4. The predicted molar refractivity (Wildman–Crippen MR) is 157 cm³/mol. The molecule has 4 unspecified atom stereocenters. The number of ether oxygens (including phenoxy) is 1. The minimum atomic E-state index is -1.18. The third-order valence-corrected chi connectivity index (χ3v) is 9.78. The zero-order chi connectivity index (χ0) is 28.8. The Morgan fingerprint density at radius 3 is 2.24 bits per heavy atom. The molecule has 3 aliphatic heterocycles. The van der Waals surface area contributed by atoms with Crippen molar-refractivity contribution in [3.63, 3.8) is 0 Å². The molecule has 3 saturated heterocycles. The monoisotopic (exact) mass is 565 g/mol. The van der Waals surface area contributed by atoms with Crippen molar-refractivity contribution >= 4 is 18.0 Å². The van der Waals surface area contributed by atoms with Gasteiger partial charge in [-0.2, -0.15) is 0 Å². The average Bonchev–Trinajstić information content (AvgIpc) is 3.77. The van der Waals surface area contributed by atoms with Crippen LogP contribution in [0, 0.1) is 5.92 Å². The van der Waals surface area contributed by atoms with E-state index in [2.05, 4.69) is 46.6 Å². The van der Waals surface area contributed by atoms with E-state index >= 15 is 0 Å². The van der Waals surface area contributed by atoms with Gasteiger partial charge >= 0.3 is 12.1 Å². The number of nitrogens with one attached hydrogen (secondary N) is 1. The van der Waals surface area contributed by atoms with Crippen molar-refractivity contribution in [2.24, 2.45) is 5.92 Å². The van der Waals surface area contributed by atoms with Gasteiger partial charge in [-0.25, -0.2) is 4.79 Å². The van der Waals surface area contributed by atoms with Crippen molar-refractivity contribution in [1.29, 1.82) is 0 Å². The van der Waals surface area contributed by atoms with Gasteiger partial charge in [0.2, 0.25) is 5.91 Å². The number of carboxylic acids is 1. The summed E-state index contributed by atoms with van der Waals surface area (Å²) in [7, 11) is 0. The van der Waals surface area contributed by atoms with Gasteiger partial charge in [-0.3, -0.25) is 14.5 Å². The molecule has 3 aromatic rings. The molecule has 2 N–H and O–H groups in total. The van der Waals surface area contributed by atoms with Crippen molar-refractivity contribution in [2.75, 3.05) is 19.7 Å². The standard InChI is InChI=1S/C34H35N3O5/c38-31(39)28-18-23-14-15-30(28)37(23)32(40)34(16-17-36(21-34)19-22-8-2-1-3-9-22)35-33(41)42-20-29-26-12-6-4-10-24(26)25-11-5-7-13-27(25)29/h1-13,23,28-30H,14-21H2,(H,35,41)(H,38,39). The lowest BCUT2D eigenvalue weighted by atomic mass is 9.89. The maximum atomic E-state index is 14.4. The van der Waals surface area contributed by atoms with E-state index < -0.39 is 23.5 Å². The molecule has 4 aliphatic rings. The van der Waals surface area contributed by atoms with E-state index in [9.17, 15) is 19.5 Å². The number of carbonyl (C=O) groups is 3. The fraction of sp³-hybridized carbons (Fsp3) is 0.382. The van der Waals surface area contributed by atoms with Crippen molar-refractivity contribution in [3.8, 4) is 11.1 Å². The number of nitrogens with zero attached hydrogens (tertiary/aromatic N) is 2. The third-order valence-electron chi connectivity index (χ3n) is 9.78. The Balaban J connectivity index is 1.11. The minimum absolute atomic E-state index is 0.0845. The quantitative estimate of drug-likeness (QED) is 0.433. The molecule has 3 heterocycles. The van der Waals surface area contributed by atoms with E-state index in [0.717, 1.165) is 34.2 Å². The van der Waals surface area contributed by atoms with Gasteiger partial charge in [-0.05, 0) is 53.5 Å². The minimum Gasteiger partial charge on any atom is -0.481 e. The highest BCUT2D eigenvalue weighted by Gasteiger charge is 2.57. The molecule has 0 saturated carbocycles. The zero-order valence-corrected chi connectivity index (χ0v) is 23.4. The van der Waals surface area contributed by atoms with Crippen molar-refractivity contribution in [2.45, 2.75) is 55.8 Å². The van der Waals surface area contributed by atoms with Crippen LogP contribution in [-0.2, 0) is 20.9 Å². The van der Waals surface area contributed by atoms with E-state index in [-0.39, 0.29) is 30.5 Å². The van der Waals surface area contributed by atoms with Crippen LogP contribution in [0.4, 0.5) is 4.79 Å². The Labute approximate surface area is 245 Å². The molecular formula is C34H35N3O5. The highest BCUT2D eigenvalue weighted by atomic mass is 16.5. The Morgan fingerprint density at radius 1 is 0.905 bits per heavy atom. The molecule has 42 heavy (non-hydrogen) atoms. The van der Waals surface area contributed by atoms with Gasteiger partial charge in [0.1, 0.15) is 12.1 Å². The molecule has 3 fully saturated rings. The molecule has 3 aromatic carbocycles. The summed E-state index contributed by atoms with van der Waals surface area (Å²) in [6.45, 7) is 1.80. The second-order valence-corrected chi connectivity index (χ2v) is 12.2. The number of aliphatic carboxylic acids is 1. The molecule has 216 valence electrons. The molecule has 7 rings (SSSR count). The van der Waals surface area contributed by atoms with E-state index in [1.165, 1.54) is 0 Å². The summed E-state index contributed by atoms with van der Waals surface area (Å²) >= 11 is 0. The summed E-state index contributed by atoms with van der Waals surface area (Å²) in [6.07, 6.45) is 1.78. The maximum Gasteiger partial charge on any atom is 0.408 e. The second-order valence-electron chi connectivity index (χ2n) is 12.2. The van der Waals surface area contributed by atoms with Gasteiger partial charge in [0, 0.05) is 37.6 Å². The highest BCUT2D eigenvalue weighted by Crippen LogP contribution is 2.45. The highest BCUT2D eigenvalue weighted by molar-refractivity contribution is 5.92. The molecule has 8 nitrogen and oxygen atoms in total. The van der Waals surface area contributed by atoms with Crippen LogP contribution in [0.5, 0.6) is 0 Å². The van der Waals surface area contributed by atoms with Gasteiger partial charge in [-0.1, -0.05) is 78.9 Å². The number of carbonyl (C=O) groups excluding carboxylic acids is 2. The number of rotatable bonds is 7. The van der Waals surface area contributed by atoms with Crippen LogP contribution in [0.1, 0.15) is 48.3 Å². The van der Waals surface area contributed by atoms with Crippen LogP contribution in [0.3, 0.4) is 0 Å². The van der Waals surface area contributed by atoms with E-state index in [1.807, 2.05) is 42.5 Å². The summed E-state index contributed by atoms with van der Waals surface area (Å²) in [5, 5.41) is 12.8. The molecule has 0 radical (unpaired) electrons. The van der Waals surface area contributed by atoms with Crippen molar-refractivity contribution in [3.05, 3.63) is 95.6 Å². The number of hydrogen-bond acceptors (Lipinski definition) is 5. The number of amides is 2. The molecule has 0 spiro atoms. The Kier molecular flexibility index (Phi) is 6.73. The Bertz CT molecular complexity index is 1480. The van der Waals surface area contributed by atoms with Crippen LogP contribution in [-0.4, -0.2) is 70.2 Å². The predicted octanol–water partition coefficient (Wildman–Crippen LogP) is 4.63. The summed E-state index contributed by atoms with van der Waals surface area (Å²) in [5.41, 5.74) is 4.51. The largest absolute Gasteiger partial charge is 0.481 e. The number of benzene rings is 3. The molecule has 4 atom stereocenters. The first kappa shape index (κ1) is 26.7.